The zero-order valence-electron chi connectivity index (χ0n) is 22.3. The van der Waals surface area contributed by atoms with Crippen LogP contribution in [-0.2, 0) is 17.8 Å². The monoisotopic (exact) mass is 529 g/mol. The molecule has 2 heterocycles. The minimum Gasteiger partial charge on any atom is -0.497 e. The number of benzene rings is 3. The molecule has 0 saturated carbocycles. The number of rotatable bonds is 9. The van der Waals surface area contributed by atoms with Gasteiger partial charge in [0.2, 0.25) is 5.91 Å². The van der Waals surface area contributed by atoms with Crippen LogP contribution in [0.25, 0.3) is 10.9 Å². The first-order chi connectivity index (χ1) is 19.0. The van der Waals surface area contributed by atoms with Crippen LogP contribution in [0.3, 0.4) is 0 Å². The molecule has 9 nitrogen and oxygen atoms in total. The molecule has 1 unspecified atom stereocenters. The Bertz CT molecular complexity index is 1530. The summed E-state index contributed by atoms with van der Waals surface area (Å²) < 4.78 is 24.0. The molecule has 0 bridgehead atoms. The minimum atomic E-state index is -0.352. The molecule has 1 aliphatic rings. The van der Waals surface area contributed by atoms with Crippen LogP contribution in [0.15, 0.2) is 71.8 Å². The van der Waals surface area contributed by atoms with Gasteiger partial charge in [0.05, 0.1) is 44.6 Å². The molecule has 1 amide bonds. The summed E-state index contributed by atoms with van der Waals surface area (Å²) in [6.07, 6.45) is 2.32. The highest BCUT2D eigenvalue weighted by Gasteiger charge is 2.32. The predicted octanol–water partition coefficient (Wildman–Crippen LogP) is 4.02. The maximum Gasteiger partial charge on any atom is 0.261 e. The van der Waals surface area contributed by atoms with E-state index in [0.717, 1.165) is 16.9 Å². The zero-order chi connectivity index (χ0) is 27.4. The highest BCUT2D eigenvalue weighted by molar-refractivity contribution is 5.78. The summed E-state index contributed by atoms with van der Waals surface area (Å²) in [4.78, 5) is 32.7. The summed E-state index contributed by atoms with van der Waals surface area (Å²) in [7, 11) is 4.81. The average Bonchev–Trinajstić information content (AvgIpc) is 2.98. The molecular weight excluding hydrogens is 498 g/mol. The number of amides is 1. The highest BCUT2D eigenvalue weighted by Crippen LogP contribution is 2.38. The van der Waals surface area contributed by atoms with Crippen LogP contribution in [-0.4, -0.2) is 54.8 Å². The third kappa shape index (κ3) is 5.38. The quantitative estimate of drug-likeness (QED) is 0.323. The van der Waals surface area contributed by atoms with E-state index in [9.17, 15) is 9.59 Å². The van der Waals surface area contributed by atoms with Gasteiger partial charge in [0.15, 0.2) is 11.5 Å². The van der Waals surface area contributed by atoms with Gasteiger partial charge in [-0.3, -0.25) is 14.2 Å². The highest BCUT2D eigenvalue weighted by atomic mass is 16.5. The van der Waals surface area contributed by atoms with Crippen LogP contribution < -0.4 is 24.5 Å². The molecule has 1 aromatic heterocycles. The SMILES string of the molecule is COc1ccc(OCC2c3cc(OC)c(OC)cc3CCN2C(=O)CCn2cnc3ccccc3c2=O)cc1. The second kappa shape index (κ2) is 11.5. The van der Waals surface area contributed by atoms with Gasteiger partial charge < -0.3 is 23.8 Å². The van der Waals surface area contributed by atoms with Gasteiger partial charge in [0, 0.05) is 19.5 Å². The standard InChI is InChI=1S/C30H31N3O6/c1-36-21-8-10-22(11-9-21)39-18-26-24-17-28(38-3)27(37-2)16-20(24)12-15-33(26)29(34)13-14-32-19-31-25-7-5-4-6-23(25)30(32)35/h4-11,16-17,19,26H,12-15,18H2,1-3H3. The van der Waals surface area contributed by atoms with Crippen LogP contribution in [0.5, 0.6) is 23.0 Å². The number of carbonyl (C=O) groups excluding carboxylic acids is 1. The molecular formula is C30H31N3O6. The first-order valence-corrected chi connectivity index (χ1v) is 12.8. The van der Waals surface area contributed by atoms with Gasteiger partial charge in [0.25, 0.3) is 5.56 Å². The van der Waals surface area contributed by atoms with Crippen LogP contribution >= 0.6 is 0 Å². The van der Waals surface area contributed by atoms with E-state index in [-0.39, 0.29) is 37.1 Å². The fourth-order valence-corrected chi connectivity index (χ4v) is 4.98. The number of hydrogen-bond donors (Lipinski definition) is 0. The number of carbonyl (C=O) groups is 1. The number of nitrogens with zero attached hydrogens (tertiary/aromatic N) is 3. The van der Waals surface area contributed by atoms with Gasteiger partial charge in [0.1, 0.15) is 18.1 Å². The normalized spacial score (nSPS) is 14.5. The lowest BCUT2D eigenvalue weighted by Gasteiger charge is -2.37. The molecule has 5 rings (SSSR count). The number of fused-ring (bicyclic) bond motifs is 2. The maximum absolute atomic E-state index is 13.6. The molecule has 0 radical (unpaired) electrons. The van der Waals surface area contributed by atoms with Gasteiger partial charge in [-0.05, 0) is 66.1 Å². The molecule has 1 atom stereocenters. The Morgan fingerprint density at radius 2 is 1.67 bits per heavy atom. The van der Waals surface area contributed by atoms with E-state index in [1.165, 1.54) is 10.9 Å². The second-order valence-electron chi connectivity index (χ2n) is 9.26. The van der Waals surface area contributed by atoms with Crippen molar-refractivity contribution in [2.24, 2.45) is 0 Å². The van der Waals surface area contributed by atoms with E-state index in [4.69, 9.17) is 18.9 Å². The molecule has 9 heteroatoms. The van der Waals surface area contributed by atoms with Crippen LogP contribution in [0.4, 0.5) is 0 Å². The molecule has 0 aliphatic carbocycles. The smallest absolute Gasteiger partial charge is 0.261 e. The Balaban J connectivity index is 1.40. The molecule has 0 saturated heterocycles. The largest absolute Gasteiger partial charge is 0.497 e. The third-order valence-electron chi connectivity index (χ3n) is 7.09. The Kier molecular flexibility index (Phi) is 7.67. The van der Waals surface area contributed by atoms with Crippen LogP contribution in [0, 0.1) is 0 Å². The summed E-state index contributed by atoms with van der Waals surface area (Å²) in [6.45, 7) is 0.998. The van der Waals surface area contributed by atoms with Crippen LogP contribution in [0.1, 0.15) is 23.6 Å². The summed E-state index contributed by atoms with van der Waals surface area (Å²) in [5.74, 6) is 2.57. The van der Waals surface area contributed by atoms with Gasteiger partial charge in [-0.25, -0.2) is 4.98 Å². The minimum absolute atomic E-state index is 0.0705. The first-order valence-electron chi connectivity index (χ1n) is 12.8. The van der Waals surface area contributed by atoms with Crippen molar-refractivity contribution in [1.82, 2.24) is 14.5 Å². The molecule has 202 valence electrons. The molecule has 0 spiro atoms. The van der Waals surface area contributed by atoms with Crippen molar-refractivity contribution >= 4 is 16.8 Å². The summed E-state index contributed by atoms with van der Waals surface area (Å²) in [6, 6.07) is 18.1. The van der Waals surface area contributed by atoms with E-state index >= 15 is 0 Å². The summed E-state index contributed by atoms with van der Waals surface area (Å²) in [5.41, 5.74) is 2.51. The zero-order valence-corrected chi connectivity index (χ0v) is 22.3. The lowest BCUT2D eigenvalue weighted by molar-refractivity contribution is -0.135. The van der Waals surface area contributed by atoms with Crippen molar-refractivity contribution in [2.75, 3.05) is 34.5 Å². The molecule has 4 aromatic rings. The van der Waals surface area contributed by atoms with Crippen LogP contribution in [0.2, 0.25) is 0 Å². The number of aromatic nitrogens is 2. The average molecular weight is 530 g/mol. The maximum atomic E-state index is 13.6. The number of para-hydroxylation sites is 1. The van der Waals surface area contributed by atoms with Gasteiger partial charge >= 0.3 is 0 Å². The van der Waals surface area contributed by atoms with Crippen molar-refractivity contribution < 1.29 is 23.7 Å². The van der Waals surface area contributed by atoms with Crippen molar-refractivity contribution in [1.29, 1.82) is 0 Å². The van der Waals surface area contributed by atoms with E-state index in [1.807, 2.05) is 53.4 Å². The summed E-state index contributed by atoms with van der Waals surface area (Å²) in [5, 5.41) is 0.533. The fourth-order valence-electron chi connectivity index (χ4n) is 4.98. The van der Waals surface area contributed by atoms with E-state index < -0.39 is 0 Å². The number of aryl methyl sites for hydroxylation is 1. The Labute approximate surface area is 226 Å². The van der Waals surface area contributed by atoms with Gasteiger partial charge in [-0.2, -0.15) is 0 Å². The first kappa shape index (κ1) is 26.1. The van der Waals surface area contributed by atoms with Gasteiger partial charge in [-0.15, -0.1) is 0 Å². The molecule has 3 aromatic carbocycles. The number of ether oxygens (including phenoxy) is 4. The molecule has 1 aliphatic heterocycles. The lowest BCUT2D eigenvalue weighted by Crippen LogP contribution is -2.43. The van der Waals surface area contributed by atoms with Gasteiger partial charge in [-0.1, -0.05) is 12.1 Å². The van der Waals surface area contributed by atoms with Crippen molar-refractivity contribution in [3.05, 3.63) is 88.5 Å². The Morgan fingerprint density at radius 3 is 2.41 bits per heavy atom. The molecule has 39 heavy (non-hydrogen) atoms. The van der Waals surface area contributed by atoms with E-state index in [0.29, 0.717) is 41.1 Å². The second-order valence-corrected chi connectivity index (χ2v) is 9.26. The summed E-state index contributed by atoms with van der Waals surface area (Å²) >= 11 is 0. The van der Waals surface area contributed by atoms with E-state index in [1.54, 1.807) is 33.5 Å². The van der Waals surface area contributed by atoms with Crippen molar-refractivity contribution in [3.8, 4) is 23.0 Å². The van der Waals surface area contributed by atoms with Crippen molar-refractivity contribution in [2.45, 2.75) is 25.4 Å². The van der Waals surface area contributed by atoms with E-state index in [2.05, 4.69) is 4.98 Å². The number of methoxy groups -OCH3 is 3. The molecule has 0 N–H and O–H groups in total. The molecule has 0 fully saturated rings. The lowest BCUT2D eigenvalue weighted by atomic mass is 9.91. The Morgan fingerprint density at radius 1 is 0.949 bits per heavy atom. The topological polar surface area (TPSA) is 92.1 Å². The fraction of sp³-hybridized carbons (Fsp3) is 0.300. The number of hydrogen-bond acceptors (Lipinski definition) is 7. The predicted molar refractivity (Wildman–Crippen MR) is 147 cm³/mol. The Hall–Kier alpha value is -4.53. The third-order valence-corrected chi connectivity index (χ3v) is 7.09. The van der Waals surface area contributed by atoms with Crippen molar-refractivity contribution in [3.63, 3.8) is 0 Å².